The second kappa shape index (κ2) is 46.6. The van der Waals surface area contributed by atoms with Crippen molar-refractivity contribution in [2.24, 2.45) is 177 Å². The maximum atomic E-state index is 14.1. The number of hydrogen-bond acceptors (Lipinski definition) is 16. The van der Waals surface area contributed by atoms with E-state index in [1.165, 1.54) is 173 Å². The number of unbranched alkanes of at least 4 members (excludes halogenated alkanes) is 14. The second-order valence-corrected chi connectivity index (χ2v) is 48.4. The van der Waals surface area contributed by atoms with Crippen LogP contribution in [0, 0.1) is 177 Å². The lowest BCUT2D eigenvalue weighted by Gasteiger charge is -2.44. The molecule has 0 radical (unpaired) electrons. The van der Waals surface area contributed by atoms with Crippen LogP contribution in [0.15, 0.2) is 73.3 Å². The summed E-state index contributed by atoms with van der Waals surface area (Å²) in [6.07, 6.45) is 53.6. The zero-order chi connectivity index (χ0) is 95.5. The number of fused-ring (bicyclic) bond motifs is 20. The Morgan fingerprint density at radius 3 is 1.03 bits per heavy atom. The molecule has 13 aliphatic rings. The molecule has 16 heteroatoms. The molecule has 0 saturated heterocycles. The molecule has 0 aliphatic heterocycles. The van der Waals surface area contributed by atoms with E-state index in [2.05, 4.69) is 82.4 Å². The SMILES string of the molecule is C=CC(=O)OCC1CC2C3CC(CC3C(C)(CC)OC(=O)c3cccc(C(=O)OCC4CC5C6CC(C(C(C)(CC)COC(=O)CCCCCCC7C(CCCCCC)CCC(CCCCCCCC)C7CCCCCCC(=O)OCC(C)(CC)C7CC8CC7[C@H]7CC(COC(=O)c9cccc(C(=O)OC(C)(CC)C%10CC%11CC%10C%10CC(COC(=O)C(=C)C)C[C@H]%11%10)c9)CC87)C6)[C@H]5C4)c3)[C@H]2C1. The van der Waals surface area contributed by atoms with Crippen LogP contribution in [-0.2, 0) is 57.1 Å². The predicted octanol–water partition coefficient (Wildman–Crippen LogP) is 28.0. The second-order valence-electron chi connectivity index (χ2n) is 48.4. The van der Waals surface area contributed by atoms with E-state index in [9.17, 15) is 38.4 Å². The third-order valence-electron chi connectivity index (χ3n) is 40.8. The smallest absolute Gasteiger partial charge is 0.338 e. The van der Waals surface area contributed by atoms with Crippen molar-refractivity contribution < 1.29 is 76.3 Å². The maximum absolute atomic E-state index is 14.1. The predicted molar refractivity (Wildman–Crippen MR) is 530 cm³/mol. The van der Waals surface area contributed by atoms with E-state index in [1.807, 2.05) is 0 Å². The molecule has 2 aromatic carbocycles. The van der Waals surface area contributed by atoms with Crippen molar-refractivity contribution in [2.75, 3.05) is 39.6 Å². The topological polar surface area (TPSA) is 210 Å². The fourth-order valence-corrected chi connectivity index (χ4v) is 33.1. The van der Waals surface area contributed by atoms with Crippen molar-refractivity contribution in [3.63, 3.8) is 0 Å². The van der Waals surface area contributed by atoms with Gasteiger partial charge in [0.1, 0.15) is 11.2 Å². The molecule has 28 unspecified atom stereocenters. The first-order valence-corrected chi connectivity index (χ1v) is 56.1. The molecule has 15 rings (SSSR count). The highest BCUT2D eigenvalue weighted by atomic mass is 16.6. The van der Waals surface area contributed by atoms with Crippen LogP contribution in [0.2, 0.25) is 0 Å². The van der Waals surface area contributed by atoms with Gasteiger partial charge in [-0.15, -0.1) is 0 Å². The molecule has 13 aliphatic carbocycles. The molecule has 13 saturated carbocycles. The molecular formula is C119H178O16. The Morgan fingerprint density at radius 1 is 0.348 bits per heavy atom. The van der Waals surface area contributed by atoms with Crippen LogP contribution in [0.4, 0.5) is 0 Å². The number of hydrogen-bond donors (Lipinski definition) is 0. The Kier molecular flexibility index (Phi) is 35.6. The van der Waals surface area contributed by atoms with Crippen LogP contribution >= 0.6 is 0 Å². The number of rotatable bonds is 54. The Bertz CT molecular complexity index is 4330. The molecule has 0 amide bonds. The Hall–Kier alpha value is -6.32. The fraction of sp³-hybridized carbons (Fsp3) is 0.798. The van der Waals surface area contributed by atoms with Gasteiger partial charge in [0, 0.05) is 47.2 Å². The van der Waals surface area contributed by atoms with Gasteiger partial charge in [0.15, 0.2) is 0 Å². The lowest BCUT2D eigenvalue weighted by Crippen LogP contribution is -2.44. The summed E-state index contributed by atoms with van der Waals surface area (Å²) in [6, 6.07) is 13.9. The van der Waals surface area contributed by atoms with Gasteiger partial charge in [0.05, 0.1) is 61.9 Å². The summed E-state index contributed by atoms with van der Waals surface area (Å²) in [7, 11) is 0. The van der Waals surface area contributed by atoms with Crippen molar-refractivity contribution in [1.29, 1.82) is 0 Å². The van der Waals surface area contributed by atoms with E-state index >= 15 is 0 Å². The van der Waals surface area contributed by atoms with Crippen LogP contribution in [-0.4, -0.2) is 98.6 Å². The van der Waals surface area contributed by atoms with Gasteiger partial charge in [-0.3, -0.25) is 9.59 Å². The van der Waals surface area contributed by atoms with Crippen LogP contribution < -0.4 is 0 Å². The van der Waals surface area contributed by atoms with E-state index in [4.69, 9.17) is 37.9 Å². The molecule has 0 heterocycles. The minimum Gasteiger partial charge on any atom is -0.465 e. The van der Waals surface area contributed by atoms with Gasteiger partial charge >= 0.3 is 47.8 Å². The number of carbonyl (C=O) groups excluding carboxylic acids is 8. The largest absolute Gasteiger partial charge is 0.465 e. The molecule has 2 aromatic rings. The highest BCUT2D eigenvalue weighted by molar-refractivity contribution is 5.96. The molecule has 135 heavy (non-hydrogen) atoms. The van der Waals surface area contributed by atoms with E-state index < -0.39 is 35.1 Å². The minimum atomic E-state index is -0.633. The first-order valence-electron chi connectivity index (χ1n) is 56.1. The van der Waals surface area contributed by atoms with Crippen LogP contribution in [0.5, 0.6) is 0 Å². The molecule has 32 atom stereocenters. The van der Waals surface area contributed by atoms with Gasteiger partial charge in [0.2, 0.25) is 0 Å². The van der Waals surface area contributed by atoms with Gasteiger partial charge < -0.3 is 37.9 Å². The molecule has 0 spiro atoms. The summed E-state index contributed by atoms with van der Waals surface area (Å²) in [5.41, 5.74) is 0.520. The molecular weight excluding hydrogens is 1690 g/mol. The summed E-state index contributed by atoms with van der Waals surface area (Å²) in [5, 5.41) is 0. The van der Waals surface area contributed by atoms with Crippen LogP contribution in [0.3, 0.4) is 0 Å². The standard InChI is InChI=1S/C119H178O16/c1-14-21-23-25-26-32-40-81-50-49-80(39-31-24-22-15-2)90(45-33-27-29-35-47-109(121)132-73-116(10,17-4)104-65-86-61-100(104)96-56-78(53-92(86)96)71-130-112(124)82-41-37-43-84(59-82)114(126)134-118(12,19-6)106-67-88-63-102(106)98-55-76(51-94(88)98)69-128-108(120)16-3)91(81)46-34-28-30-36-48-110(122)133-74-117(11,18-5)105-66-87-62-101(105)97-57-79(54-93(87)97)72-131-113(125)83-42-38-44-85(60-83)115(127)135-119(13,20-7)107-68-89-64-103(107)99-58-77(52-95(89)99)70-129-111(123)75(8)9/h16,37-38,41-44,59-60,76-81,86-107H,3,8,14-15,17-36,39-40,45-58,61-74H2,1-2,4-7,9-13H3/t76?,77?,78?,79?,80?,81?,86?,87?,88?,89?,90?,91?,92?,93?,94-,95-,96+,97+,98?,99?,100?,101?,102?,103?,104?,105?,106?,107?,116?,117?,118?,119?/m1/s1. The number of ether oxygens (including phenoxy) is 8. The van der Waals surface area contributed by atoms with Crippen molar-refractivity contribution in [1.82, 2.24) is 0 Å². The average Bonchev–Trinajstić information content (AvgIpc) is 1.59. The van der Waals surface area contributed by atoms with E-state index in [0.717, 1.165) is 126 Å². The van der Waals surface area contributed by atoms with Gasteiger partial charge in [-0.05, 0) is 378 Å². The van der Waals surface area contributed by atoms with Crippen LogP contribution in [0.25, 0.3) is 0 Å². The van der Waals surface area contributed by atoms with Gasteiger partial charge in [-0.2, -0.15) is 0 Å². The first-order chi connectivity index (χ1) is 65.1. The Morgan fingerprint density at radius 2 is 0.667 bits per heavy atom. The summed E-state index contributed by atoms with van der Waals surface area (Å²) >= 11 is 0. The summed E-state index contributed by atoms with van der Waals surface area (Å²) in [5.74, 6) is 13.2. The summed E-state index contributed by atoms with van der Waals surface area (Å²) in [6.45, 7) is 34.1. The Balaban J connectivity index is 0.462. The third kappa shape index (κ3) is 23.9. The van der Waals surface area contributed by atoms with Crippen molar-refractivity contribution in [3.8, 4) is 0 Å². The maximum Gasteiger partial charge on any atom is 0.338 e. The van der Waals surface area contributed by atoms with Gasteiger partial charge in [-0.25, -0.2) is 28.8 Å². The highest BCUT2D eigenvalue weighted by Crippen LogP contribution is 2.70. The van der Waals surface area contributed by atoms with E-state index in [-0.39, 0.29) is 46.5 Å². The summed E-state index contributed by atoms with van der Waals surface area (Å²) in [4.78, 5) is 108. The number of esters is 8. The molecule has 750 valence electrons. The number of benzene rings is 2. The zero-order valence-electron chi connectivity index (χ0n) is 85.6. The highest BCUT2D eigenvalue weighted by Gasteiger charge is 2.65. The molecule has 0 aromatic heterocycles. The van der Waals surface area contributed by atoms with Crippen molar-refractivity contribution in [2.45, 2.75) is 383 Å². The fourth-order valence-electron chi connectivity index (χ4n) is 33.1. The van der Waals surface area contributed by atoms with Crippen LogP contribution in [0.1, 0.15) is 413 Å². The van der Waals surface area contributed by atoms with E-state index in [1.54, 1.807) is 55.5 Å². The quantitative estimate of drug-likeness (QED) is 0.0261. The number of carbonyl (C=O) groups is 8. The molecule has 8 bridgehead atoms. The lowest BCUT2D eigenvalue weighted by molar-refractivity contribution is -0.150. The minimum absolute atomic E-state index is 0.0378. The van der Waals surface area contributed by atoms with Crippen molar-refractivity contribution >= 4 is 47.8 Å². The lowest BCUT2D eigenvalue weighted by atomic mass is 9.61. The average molecular weight is 1860 g/mol. The normalized spacial score (nSPS) is 34.6. The third-order valence-corrected chi connectivity index (χ3v) is 40.8. The van der Waals surface area contributed by atoms with Gasteiger partial charge in [0.25, 0.3) is 0 Å². The first kappa shape index (κ1) is 103. The van der Waals surface area contributed by atoms with E-state index in [0.29, 0.717) is 223 Å². The zero-order valence-corrected chi connectivity index (χ0v) is 85.6. The molecule has 13 fully saturated rings. The molecule has 16 nitrogen and oxygen atoms in total. The monoisotopic (exact) mass is 1860 g/mol. The molecule has 0 N–H and O–H groups in total. The van der Waals surface area contributed by atoms with Gasteiger partial charge in [-0.1, -0.05) is 196 Å². The Labute approximate surface area is 813 Å². The summed E-state index contributed by atoms with van der Waals surface area (Å²) < 4.78 is 49.1. The van der Waals surface area contributed by atoms with Crippen molar-refractivity contribution in [3.05, 3.63) is 95.6 Å².